The van der Waals surface area contributed by atoms with Gasteiger partial charge in [0, 0.05) is 24.3 Å². The predicted molar refractivity (Wildman–Crippen MR) is 107 cm³/mol. The maximum atomic E-state index is 12.9. The molecule has 2 atom stereocenters. The van der Waals surface area contributed by atoms with E-state index in [0.29, 0.717) is 41.7 Å². The molecule has 6 nitrogen and oxygen atoms in total. The number of amides is 1. The van der Waals surface area contributed by atoms with Crippen molar-refractivity contribution in [3.05, 3.63) is 59.7 Å². The van der Waals surface area contributed by atoms with Crippen LogP contribution < -0.4 is 5.32 Å². The van der Waals surface area contributed by atoms with Crippen LogP contribution in [0.4, 0.5) is 5.69 Å². The fraction of sp³-hybridized carbons (Fsp3) is 0.333. The summed E-state index contributed by atoms with van der Waals surface area (Å²) < 4.78 is 27.4. The summed E-state index contributed by atoms with van der Waals surface area (Å²) in [5.74, 6) is 0.320. The average Bonchev–Trinajstić information content (AvgIpc) is 2.68. The van der Waals surface area contributed by atoms with Gasteiger partial charge in [0.25, 0.3) is 5.91 Å². The first-order valence-corrected chi connectivity index (χ1v) is 10.7. The standard InChI is InChI=1S/C21H23N3O3S/c1-15-11-16(2)14-24(13-15)28(26,27)20-9-5-18(6-10-20)21(25)23-19-7-3-17(12-22)4-8-19/h3-10,15-16H,11,13-14H2,1-2H3,(H,23,25). The van der Waals surface area contributed by atoms with Gasteiger partial charge in [-0.15, -0.1) is 0 Å². The lowest BCUT2D eigenvalue weighted by Crippen LogP contribution is -2.42. The van der Waals surface area contributed by atoms with Gasteiger partial charge in [0.2, 0.25) is 10.0 Å². The van der Waals surface area contributed by atoms with Crippen molar-refractivity contribution in [2.24, 2.45) is 11.8 Å². The van der Waals surface area contributed by atoms with Crippen LogP contribution in [0.2, 0.25) is 0 Å². The Balaban J connectivity index is 1.73. The SMILES string of the molecule is CC1CC(C)CN(S(=O)(=O)c2ccc(C(=O)Nc3ccc(C#N)cc3)cc2)C1. The molecule has 1 aliphatic heterocycles. The molecule has 0 radical (unpaired) electrons. The second-order valence-electron chi connectivity index (χ2n) is 7.44. The largest absolute Gasteiger partial charge is 0.322 e. The monoisotopic (exact) mass is 397 g/mol. The molecule has 2 aromatic carbocycles. The van der Waals surface area contributed by atoms with Gasteiger partial charge in [0.15, 0.2) is 0 Å². The molecule has 0 saturated carbocycles. The summed E-state index contributed by atoms with van der Waals surface area (Å²) in [5, 5.41) is 11.5. The number of hydrogen-bond donors (Lipinski definition) is 1. The number of carbonyl (C=O) groups is 1. The number of hydrogen-bond acceptors (Lipinski definition) is 4. The Morgan fingerprint density at radius 1 is 1.04 bits per heavy atom. The molecule has 0 bridgehead atoms. The number of nitrogens with zero attached hydrogens (tertiary/aromatic N) is 2. The van der Waals surface area contributed by atoms with Crippen LogP contribution in [0.25, 0.3) is 0 Å². The normalized spacial score (nSPS) is 20.3. The summed E-state index contributed by atoms with van der Waals surface area (Å²) in [6.45, 7) is 5.17. The fourth-order valence-electron chi connectivity index (χ4n) is 3.56. The second kappa shape index (κ2) is 8.13. The average molecular weight is 398 g/mol. The van der Waals surface area contributed by atoms with Crippen molar-refractivity contribution >= 4 is 21.6 Å². The third-order valence-corrected chi connectivity index (χ3v) is 6.71. The van der Waals surface area contributed by atoms with E-state index in [1.54, 1.807) is 24.3 Å². The summed E-state index contributed by atoms with van der Waals surface area (Å²) >= 11 is 0. The molecule has 146 valence electrons. The van der Waals surface area contributed by atoms with E-state index in [9.17, 15) is 13.2 Å². The molecule has 0 aliphatic carbocycles. The lowest BCUT2D eigenvalue weighted by Gasteiger charge is -2.34. The Labute approximate surface area is 165 Å². The molecule has 1 amide bonds. The molecular weight excluding hydrogens is 374 g/mol. The molecule has 7 heteroatoms. The number of anilines is 1. The van der Waals surface area contributed by atoms with E-state index < -0.39 is 10.0 Å². The first-order valence-electron chi connectivity index (χ1n) is 9.21. The van der Waals surface area contributed by atoms with Crippen molar-refractivity contribution in [1.82, 2.24) is 4.31 Å². The molecule has 1 N–H and O–H groups in total. The Morgan fingerprint density at radius 3 is 2.14 bits per heavy atom. The van der Waals surface area contributed by atoms with E-state index in [0.717, 1.165) is 6.42 Å². The van der Waals surface area contributed by atoms with Crippen molar-refractivity contribution in [3.8, 4) is 6.07 Å². The highest BCUT2D eigenvalue weighted by atomic mass is 32.2. The number of rotatable bonds is 4. The zero-order valence-electron chi connectivity index (χ0n) is 15.9. The lowest BCUT2D eigenvalue weighted by atomic mass is 9.94. The zero-order chi connectivity index (χ0) is 20.3. The maximum absolute atomic E-state index is 12.9. The Kier molecular flexibility index (Phi) is 5.82. The van der Waals surface area contributed by atoms with Crippen molar-refractivity contribution in [2.75, 3.05) is 18.4 Å². The van der Waals surface area contributed by atoms with Gasteiger partial charge in [-0.3, -0.25) is 4.79 Å². The fourth-order valence-corrected chi connectivity index (χ4v) is 5.24. The van der Waals surface area contributed by atoms with Crippen LogP contribution in [0.1, 0.15) is 36.2 Å². The van der Waals surface area contributed by atoms with Gasteiger partial charge >= 0.3 is 0 Å². The van der Waals surface area contributed by atoms with Crippen LogP contribution in [-0.2, 0) is 10.0 Å². The Hall–Kier alpha value is -2.69. The number of piperidine rings is 1. The molecule has 1 saturated heterocycles. The van der Waals surface area contributed by atoms with Gasteiger partial charge in [-0.05, 0) is 66.8 Å². The topological polar surface area (TPSA) is 90.3 Å². The van der Waals surface area contributed by atoms with Crippen LogP contribution in [0.15, 0.2) is 53.4 Å². The molecule has 1 heterocycles. The number of benzene rings is 2. The minimum absolute atomic E-state index is 0.198. The highest BCUT2D eigenvalue weighted by molar-refractivity contribution is 7.89. The van der Waals surface area contributed by atoms with Gasteiger partial charge in [0.05, 0.1) is 16.5 Å². The van der Waals surface area contributed by atoms with Gasteiger partial charge in [-0.1, -0.05) is 13.8 Å². The number of carbonyl (C=O) groups excluding carboxylic acids is 1. The summed E-state index contributed by atoms with van der Waals surface area (Å²) in [6, 6.07) is 14.5. The van der Waals surface area contributed by atoms with E-state index in [1.165, 1.54) is 28.6 Å². The zero-order valence-corrected chi connectivity index (χ0v) is 16.7. The predicted octanol–water partition coefficient (Wildman–Crippen LogP) is 3.48. The van der Waals surface area contributed by atoms with Gasteiger partial charge in [0.1, 0.15) is 0 Å². The van der Waals surface area contributed by atoms with E-state index >= 15 is 0 Å². The minimum atomic E-state index is -3.57. The smallest absolute Gasteiger partial charge is 0.255 e. The Morgan fingerprint density at radius 2 is 1.61 bits per heavy atom. The third kappa shape index (κ3) is 4.41. The lowest BCUT2D eigenvalue weighted by molar-refractivity contribution is 0.102. The van der Waals surface area contributed by atoms with Crippen LogP contribution in [0.3, 0.4) is 0 Å². The molecular formula is C21H23N3O3S. The summed E-state index contributed by atoms with van der Waals surface area (Å²) in [6.07, 6.45) is 1.03. The van der Waals surface area contributed by atoms with Crippen LogP contribution >= 0.6 is 0 Å². The maximum Gasteiger partial charge on any atom is 0.255 e. The van der Waals surface area contributed by atoms with Crippen LogP contribution in [-0.4, -0.2) is 31.7 Å². The second-order valence-corrected chi connectivity index (χ2v) is 9.37. The molecule has 2 unspecified atom stereocenters. The van der Waals surface area contributed by atoms with Crippen molar-refractivity contribution in [1.29, 1.82) is 5.26 Å². The van der Waals surface area contributed by atoms with Gasteiger partial charge in [-0.25, -0.2) is 8.42 Å². The third-order valence-electron chi connectivity index (χ3n) is 4.86. The number of nitrogens with one attached hydrogen (secondary N) is 1. The first-order chi connectivity index (χ1) is 13.3. The van der Waals surface area contributed by atoms with E-state index in [-0.39, 0.29) is 10.8 Å². The first kappa shape index (κ1) is 20.1. The summed E-state index contributed by atoms with van der Waals surface area (Å²) in [7, 11) is -3.57. The number of sulfonamides is 1. The van der Waals surface area contributed by atoms with E-state index in [2.05, 4.69) is 19.2 Å². The molecule has 3 rings (SSSR count). The van der Waals surface area contributed by atoms with Gasteiger partial charge < -0.3 is 5.32 Å². The Bertz CT molecular complexity index is 983. The molecule has 28 heavy (non-hydrogen) atoms. The van der Waals surface area contributed by atoms with Crippen molar-refractivity contribution < 1.29 is 13.2 Å². The summed E-state index contributed by atoms with van der Waals surface area (Å²) in [5.41, 5.74) is 1.44. The van der Waals surface area contributed by atoms with E-state index in [1.807, 2.05) is 6.07 Å². The molecule has 1 aliphatic rings. The minimum Gasteiger partial charge on any atom is -0.322 e. The van der Waals surface area contributed by atoms with Crippen LogP contribution in [0.5, 0.6) is 0 Å². The van der Waals surface area contributed by atoms with Crippen LogP contribution in [0, 0.1) is 23.2 Å². The quantitative estimate of drug-likeness (QED) is 0.855. The highest BCUT2D eigenvalue weighted by Gasteiger charge is 2.31. The summed E-state index contributed by atoms with van der Waals surface area (Å²) in [4.78, 5) is 12.6. The van der Waals surface area contributed by atoms with E-state index in [4.69, 9.17) is 5.26 Å². The van der Waals surface area contributed by atoms with Crippen molar-refractivity contribution in [2.45, 2.75) is 25.2 Å². The van der Waals surface area contributed by atoms with Crippen molar-refractivity contribution in [3.63, 3.8) is 0 Å². The molecule has 0 spiro atoms. The highest BCUT2D eigenvalue weighted by Crippen LogP contribution is 2.26. The molecule has 2 aromatic rings. The molecule has 0 aromatic heterocycles. The van der Waals surface area contributed by atoms with Gasteiger partial charge in [-0.2, -0.15) is 9.57 Å². The number of nitriles is 1. The molecule has 1 fully saturated rings.